The second-order valence-corrected chi connectivity index (χ2v) is 6.21. The number of aryl methyl sites for hydroxylation is 1. The van der Waals surface area contributed by atoms with Gasteiger partial charge in [0.15, 0.2) is 0 Å². The number of piperidine rings is 1. The minimum Gasteiger partial charge on any atom is -0.353 e. The van der Waals surface area contributed by atoms with Crippen molar-refractivity contribution in [1.82, 2.24) is 5.32 Å². The number of carbonyl (C=O) groups is 1. The molecule has 0 bridgehead atoms. The zero-order chi connectivity index (χ0) is 13.8. The lowest BCUT2D eigenvalue weighted by molar-refractivity contribution is -0.131. The molecule has 19 heavy (non-hydrogen) atoms. The Balaban J connectivity index is 1.89. The van der Waals surface area contributed by atoms with E-state index in [0.29, 0.717) is 17.9 Å². The van der Waals surface area contributed by atoms with Gasteiger partial charge >= 0.3 is 0 Å². The van der Waals surface area contributed by atoms with E-state index in [1.54, 1.807) is 0 Å². The van der Waals surface area contributed by atoms with Crippen molar-refractivity contribution in [2.45, 2.75) is 46.1 Å². The van der Waals surface area contributed by atoms with Crippen molar-refractivity contribution in [3.8, 4) is 0 Å². The van der Waals surface area contributed by atoms with Crippen LogP contribution in [-0.4, -0.2) is 11.9 Å². The molecule has 3 unspecified atom stereocenters. The number of nitrogens with one attached hydrogen (secondary N) is 1. The lowest BCUT2D eigenvalue weighted by Gasteiger charge is -2.36. The van der Waals surface area contributed by atoms with Gasteiger partial charge in [-0.05, 0) is 36.7 Å². The molecule has 104 valence electrons. The first kappa shape index (κ1) is 14.1. The summed E-state index contributed by atoms with van der Waals surface area (Å²) in [6, 6.07) is 10.9. The molecule has 0 radical (unpaired) electrons. The van der Waals surface area contributed by atoms with Crippen LogP contribution < -0.4 is 5.32 Å². The van der Waals surface area contributed by atoms with Crippen LogP contribution in [0.1, 0.15) is 39.2 Å². The molecule has 1 saturated heterocycles. The highest BCUT2D eigenvalue weighted by Crippen LogP contribution is 2.30. The maximum absolute atomic E-state index is 12.2. The van der Waals surface area contributed by atoms with E-state index in [1.165, 1.54) is 5.56 Å². The minimum absolute atomic E-state index is 0.188. The fraction of sp³-hybridized carbons (Fsp3) is 0.588. The number of hydrogen-bond acceptors (Lipinski definition) is 1. The lowest BCUT2D eigenvalue weighted by atomic mass is 9.76. The molecule has 0 saturated carbocycles. The Labute approximate surface area is 116 Å². The first-order valence-corrected chi connectivity index (χ1v) is 7.42. The van der Waals surface area contributed by atoms with Crippen LogP contribution in [0.3, 0.4) is 0 Å². The molecule has 1 heterocycles. The van der Waals surface area contributed by atoms with Crippen LogP contribution in [0.15, 0.2) is 30.3 Å². The number of amides is 1. The lowest BCUT2D eigenvalue weighted by Crippen LogP contribution is -2.49. The number of benzene rings is 1. The zero-order valence-corrected chi connectivity index (χ0v) is 12.2. The highest BCUT2D eigenvalue weighted by atomic mass is 16.2. The molecule has 1 amide bonds. The van der Waals surface area contributed by atoms with Crippen LogP contribution in [0.4, 0.5) is 0 Å². The summed E-state index contributed by atoms with van der Waals surface area (Å²) >= 11 is 0. The first-order valence-electron chi connectivity index (χ1n) is 7.42. The molecule has 1 aliphatic rings. The molecule has 1 N–H and O–H groups in total. The van der Waals surface area contributed by atoms with Gasteiger partial charge in [-0.1, -0.05) is 51.1 Å². The molecular formula is C17H25NO. The molecule has 1 fully saturated rings. The van der Waals surface area contributed by atoms with Gasteiger partial charge in [0, 0.05) is 12.0 Å². The standard InChI is InChI=1S/C17H25NO/c1-12(2)16-13(3)11-15(18-17(16)19)10-9-14-7-5-4-6-8-14/h4-8,12-13,15-16H,9-11H2,1-3H3,(H,18,19). The fourth-order valence-electron chi connectivity index (χ4n) is 3.35. The predicted octanol–water partition coefficient (Wildman–Crippen LogP) is 3.42. The molecule has 2 rings (SSSR count). The molecular weight excluding hydrogens is 234 g/mol. The molecule has 1 aromatic carbocycles. The van der Waals surface area contributed by atoms with Crippen LogP contribution in [-0.2, 0) is 11.2 Å². The van der Waals surface area contributed by atoms with Gasteiger partial charge in [0.2, 0.25) is 5.91 Å². The third-order valence-corrected chi connectivity index (χ3v) is 4.26. The van der Waals surface area contributed by atoms with E-state index < -0.39 is 0 Å². The summed E-state index contributed by atoms with van der Waals surface area (Å²) in [7, 11) is 0. The van der Waals surface area contributed by atoms with Crippen molar-refractivity contribution in [3.63, 3.8) is 0 Å². The van der Waals surface area contributed by atoms with Gasteiger partial charge in [0.25, 0.3) is 0 Å². The van der Waals surface area contributed by atoms with E-state index in [-0.39, 0.29) is 11.8 Å². The van der Waals surface area contributed by atoms with E-state index in [9.17, 15) is 4.79 Å². The van der Waals surface area contributed by atoms with Crippen molar-refractivity contribution in [3.05, 3.63) is 35.9 Å². The van der Waals surface area contributed by atoms with Gasteiger partial charge in [0.05, 0.1) is 0 Å². The summed E-state index contributed by atoms with van der Waals surface area (Å²) in [5, 5.41) is 3.21. The molecule has 1 aliphatic heterocycles. The maximum Gasteiger partial charge on any atom is 0.223 e. The molecule has 3 atom stereocenters. The highest BCUT2D eigenvalue weighted by Gasteiger charge is 2.35. The number of rotatable bonds is 4. The summed E-state index contributed by atoms with van der Waals surface area (Å²) in [6.45, 7) is 6.51. The van der Waals surface area contributed by atoms with Gasteiger partial charge < -0.3 is 5.32 Å². The van der Waals surface area contributed by atoms with E-state index in [1.807, 2.05) is 6.07 Å². The van der Waals surface area contributed by atoms with Gasteiger partial charge in [0.1, 0.15) is 0 Å². The van der Waals surface area contributed by atoms with Crippen LogP contribution in [0.2, 0.25) is 0 Å². The molecule has 0 aliphatic carbocycles. The Kier molecular flexibility index (Phi) is 4.62. The van der Waals surface area contributed by atoms with Crippen molar-refractivity contribution < 1.29 is 4.79 Å². The van der Waals surface area contributed by atoms with Crippen LogP contribution in [0.25, 0.3) is 0 Å². The smallest absolute Gasteiger partial charge is 0.223 e. The van der Waals surface area contributed by atoms with Crippen molar-refractivity contribution >= 4 is 5.91 Å². The van der Waals surface area contributed by atoms with Gasteiger partial charge in [-0.25, -0.2) is 0 Å². The normalized spacial score (nSPS) is 27.4. The van der Waals surface area contributed by atoms with Crippen LogP contribution in [0.5, 0.6) is 0 Å². The molecule has 0 aromatic heterocycles. The van der Waals surface area contributed by atoms with Crippen LogP contribution in [0, 0.1) is 17.8 Å². The van der Waals surface area contributed by atoms with E-state index in [0.717, 1.165) is 19.3 Å². The van der Waals surface area contributed by atoms with Crippen molar-refractivity contribution in [1.29, 1.82) is 0 Å². The minimum atomic E-state index is 0.188. The SMILES string of the molecule is CC(C)C1C(=O)NC(CCc2ccccc2)CC1C. The summed E-state index contributed by atoms with van der Waals surface area (Å²) in [4.78, 5) is 12.2. The Bertz CT molecular complexity index is 413. The Morgan fingerprint density at radius 1 is 1.26 bits per heavy atom. The van der Waals surface area contributed by atoms with Gasteiger partial charge in [-0.15, -0.1) is 0 Å². The maximum atomic E-state index is 12.2. The quantitative estimate of drug-likeness (QED) is 0.882. The fourth-order valence-corrected chi connectivity index (χ4v) is 3.35. The van der Waals surface area contributed by atoms with E-state index in [2.05, 4.69) is 50.4 Å². The third kappa shape index (κ3) is 3.59. The molecule has 2 nitrogen and oxygen atoms in total. The summed E-state index contributed by atoms with van der Waals surface area (Å²) < 4.78 is 0. The third-order valence-electron chi connectivity index (χ3n) is 4.26. The van der Waals surface area contributed by atoms with Crippen molar-refractivity contribution in [2.24, 2.45) is 17.8 Å². The van der Waals surface area contributed by atoms with Gasteiger partial charge in [-0.2, -0.15) is 0 Å². The summed E-state index contributed by atoms with van der Waals surface area (Å²) in [5.41, 5.74) is 1.36. The Morgan fingerprint density at radius 3 is 2.53 bits per heavy atom. The topological polar surface area (TPSA) is 29.1 Å². The monoisotopic (exact) mass is 259 g/mol. The summed E-state index contributed by atoms with van der Waals surface area (Å²) in [6.07, 6.45) is 3.21. The number of carbonyl (C=O) groups excluding carboxylic acids is 1. The van der Waals surface area contributed by atoms with E-state index >= 15 is 0 Å². The Morgan fingerprint density at radius 2 is 1.95 bits per heavy atom. The average molecular weight is 259 g/mol. The van der Waals surface area contributed by atoms with Crippen molar-refractivity contribution in [2.75, 3.05) is 0 Å². The second-order valence-electron chi connectivity index (χ2n) is 6.21. The zero-order valence-electron chi connectivity index (χ0n) is 12.2. The van der Waals surface area contributed by atoms with Crippen LogP contribution >= 0.6 is 0 Å². The largest absolute Gasteiger partial charge is 0.353 e. The average Bonchev–Trinajstić information content (AvgIpc) is 2.36. The predicted molar refractivity (Wildman–Crippen MR) is 78.8 cm³/mol. The van der Waals surface area contributed by atoms with E-state index in [4.69, 9.17) is 0 Å². The molecule has 2 heteroatoms. The van der Waals surface area contributed by atoms with Gasteiger partial charge in [-0.3, -0.25) is 4.79 Å². The number of hydrogen-bond donors (Lipinski definition) is 1. The summed E-state index contributed by atoms with van der Waals surface area (Å²) in [5.74, 6) is 1.37. The molecule has 0 spiro atoms. The highest BCUT2D eigenvalue weighted by molar-refractivity contribution is 5.80. The Hall–Kier alpha value is -1.31. The first-order chi connectivity index (χ1) is 9.08. The second kappa shape index (κ2) is 6.23. The molecule has 1 aromatic rings.